The Morgan fingerprint density at radius 1 is 1.20 bits per heavy atom. The zero-order valence-electron chi connectivity index (χ0n) is 10.4. The van der Waals surface area contributed by atoms with E-state index < -0.39 is 0 Å². The molecule has 0 fully saturated rings. The van der Waals surface area contributed by atoms with Gasteiger partial charge in [-0.1, -0.05) is 39.0 Å². The Morgan fingerprint density at radius 2 is 1.87 bits per heavy atom. The van der Waals surface area contributed by atoms with Gasteiger partial charge in [-0.25, -0.2) is 0 Å². The summed E-state index contributed by atoms with van der Waals surface area (Å²) in [5.41, 5.74) is 10.0. The molecule has 1 heteroatoms. The van der Waals surface area contributed by atoms with Gasteiger partial charge >= 0.3 is 0 Å². The molecule has 84 valence electrons. The summed E-state index contributed by atoms with van der Waals surface area (Å²) in [4.78, 5) is 0. The molecule has 0 heterocycles. The lowest BCUT2D eigenvalue weighted by molar-refractivity contribution is 0.589. The zero-order valence-corrected chi connectivity index (χ0v) is 10.4. The molecule has 0 aromatic heterocycles. The van der Waals surface area contributed by atoms with Crippen LogP contribution in [0.4, 0.5) is 0 Å². The molecule has 15 heavy (non-hydrogen) atoms. The van der Waals surface area contributed by atoms with Crippen LogP contribution in [0.15, 0.2) is 18.2 Å². The van der Waals surface area contributed by atoms with Crippen molar-refractivity contribution >= 4 is 0 Å². The van der Waals surface area contributed by atoms with Gasteiger partial charge < -0.3 is 5.73 Å². The molecule has 2 N–H and O–H groups in total. The molecule has 0 bridgehead atoms. The van der Waals surface area contributed by atoms with Crippen LogP contribution in [0.2, 0.25) is 0 Å². The normalized spacial score (nSPS) is 11.8. The van der Waals surface area contributed by atoms with Crippen LogP contribution < -0.4 is 5.73 Å². The number of nitrogens with two attached hydrogens (primary N) is 1. The van der Waals surface area contributed by atoms with Gasteiger partial charge in [0.2, 0.25) is 0 Å². The van der Waals surface area contributed by atoms with E-state index in [1.807, 2.05) is 0 Å². The van der Waals surface area contributed by atoms with Crippen molar-refractivity contribution in [2.75, 3.05) is 6.54 Å². The highest BCUT2D eigenvalue weighted by molar-refractivity contribution is 5.34. The summed E-state index contributed by atoms with van der Waals surface area (Å²) < 4.78 is 0. The van der Waals surface area contributed by atoms with Crippen molar-refractivity contribution < 1.29 is 0 Å². The molecular weight excluding hydrogens is 182 g/mol. The van der Waals surface area contributed by atoms with Crippen LogP contribution in [-0.4, -0.2) is 6.54 Å². The highest BCUT2D eigenvalue weighted by atomic mass is 14.5. The molecule has 0 saturated carbocycles. The SMILES string of the molecule is Cc1cc(C(C)(C)C)ccc1CCCN. The van der Waals surface area contributed by atoms with Gasteiger partial charge in [0.25, 0.3) is 0 Å². The van der Waals surface area contributed by atoms with Crippen LogP contribution in [0.3, 0.4) is 0 Å². The molecule has 0 unspecified atom stereocenters. The summed E-state index contributed by atoms with van der Waals surface area (Å²) in [6, 6.07) is 6.82. The lowest BCUT2D eigenvalue weighted by Crippen LogP contribution is -2.11. The molecule has 1 aromatic rings. The van der Waals surface area contributed by atoms with Gasteiger partial charge in [0, 0.05) is 0 Å². The molecule has 0 spiro atoms. The Hall–Kier alpha value is -0.820. The van der Waals surface area contributed by atoms with E-state index in [0.29, 0.717) is 0 Å². The Labute approximate surface area is 93.7 Å². The van der Waals surface area contributed by atoms with Crippen LogP contribution in [0, 0.1) is 6.92 Å². The minimum atomic E-state index is 0.247. The van der Waals surface area contributed by atoms with E-state index in [2.05, 4.69) is 45.9 Å². The average molecular weight is 205 g/mol. The van der Waals surface area contributed by atoms with Crippen LogP contribution in [0.25, 0.3) is 0 Å². The van der Waals surface area contributed by atoms with E-state index in [1.54, 1.807) is 0 Å². The van der Waals surface area contributed by atoms with Crippen molar-refractivity contribution in [1.29, 1.82) is 0 Å². The maximum absolute atomic E-state index is 5.53. The fourth-order valence-electron chi connectivity index (χ4n) is 1.74. The van der Waals surface area contributed by atoms with Crippen molar-refractivity contribution in [3.63, 3.8) is 0 Å². The summed E-state index contributed by atoms with van der Waals surface area (Å²) >= 11 is 0. The standard InChI is InChI=1S/C14H23N/c1-11-10-13(14(2,3)4)8-7-12(11)6-5-9-15/h7-8,10H,5-6,9,15H2,1-4H3. The zero-order chi connectivity index (χ0) is 11.5. The fourth-order valence-corrected chi connectivity index (χ4v) is 1.74. The predicted octanol–water partition coefficient (Wildman–Crippen LogP) is 3.18. The first-order valence-corrected chi connectivity index (χ1v) is 5.75. The first-order chi connectivity index (χ1) is 6.95. The number of hydrogen-bond donors (Lipinski definition) is 1. The number of benzene rings is 1. The van der Waals surface area contributed by atoms with Gasteiger partial charge in [-0.15, -0.1) is 0 Å². The van der Waals surface area contributed by atoms with Crippen molar-refractivity contribution in [2.45, 2.75) is 46.0 Å². The Balaban J connectivity index is 2.88. The monoisotopic (exact) mass is 205 g/mol. The third-order valence-electron chi connectivity index (χ3n) is 2.86. The minimum absolute atomic E-state index is 0.247. The molecule has 0 amide bonds. The van der Waals surface area contributed by atoms with E-state index in [1.165, 1.54) is 16.7 Å². The van der Waals surface area contributed by atoms with Gasteiger partial charge in [0.1, 0.15) is 0 Å². The van der Waals surface area contributed by atoms with Gasteiger partial charge in [-0.3, -0.25) is 0 Å². The van der Waals surface area contributed by atoms with Gasteiger partial charge in [0.05, 0.1) is 0 Å². The van der Waals surface area contributed by atoms with Crippen molar-refractivity contribution in [3.05, 3.63) is 34.9 Å². The topological polar surface area (TPSA) is 26.0 Å². The Morgan fingerprint density at radius 3 is 2.33 bits per heavy atom. The molecule has 1 rings (SSSR count). The molecule has 0 aliphatic heterocycles. The average Bonchev–Trinajstić information content (AvgIpc) is 2.14. The predicted molar refractivity (Wildman–Crippen MR) is 67.3 cm³/mol. The quantitative estimate of drug-likeness (QED) is 0.806. The number of hydrogen-bond acceptors (Lipinski definition) is 1. The van der Waals surface area contributed by atoms with E-state index in [9.17, 15) is 0 Å². The van der Waals surface area contributed by atoms with E-state index >= 15 is 0 Å². The lowest BCUT2D eigenvalue weighted by atomic mass is 9.85. The first kappa shape index (κ1) is 12.3. The fraction of sp³-hybridized carbons (Fsp3) is 0.571. The molecule has 0 aliphatic carbocycles. The van der Waals surface area contributed by atoms with Crippen LogP contribution >= 0.6 is 0 Å². The smallest absolute Gasteiger partial charge is 0.00741 e. The van der Waals surface area contributed by atoms with Gasteiger partial charge in [-0.05, 0) is 48.4 Å². The van der Waals surface area contributed by atoms with Crippen molar-refractivity contribution in [2.24, 2.45) is 5.73 Å². The van der Waals surface area contributed by atoms with E-state index in [4.69, 9.17) is 5.73 Å². The van der Waals surface area contributed by atoms with Crippen LogP contribution in [0.1, 0.15) is 43.9 Å². The van der Waals surface area contributed by atoms with Gasteiger partial charge in [-0.2, -0.15) is 0 Å². The van der Waals surface area contributed by atoms with Crippen LogP contribution in [-0.2, 0) is 11.8 Å². The molecular formula is C14H23N. The highest BCUT2D eigenvalue weighted by Gasteiger charge is 2.13. The maximum Gasteiger partial charge on any atom is -0.00741 e. The van der Waals surface area contributed by atoms with E-state index in [0.717, 1.165) is 19.4 Å². The second kappa shape index (κ2) is 4.80. The number of rotatable bonds is 3. The summed E-state index contributed by atoms with van der Waals surface area (Å²) in [5.74, 6) is 0. The summed E-state index contributed by atoms with van der Waals surface area (Å²) in [6.45, 7) is 9.73. The molecule has 0 atom stereocenters. The minimum Gasteiger partial charge on any atom is -0.330 e. The van der Waals surface area contributed by atoms with E-state index in [-0.39, 0.29) is 5.41 Å². The van der Waals surface area contributed by atoms with Crippen molar-refractivity contribution in [3.8, 4) is 0 Å². The molecule has 0 aliphatic rings. The van der Waals surface area contributed by atoms with Crippen molar-refractivity contribution in [1.82, 2.24) is 0 Å². The molecule has 1 aromatic carbocycles. The third kappa shape index (κ3) is 3.35. The summed E-state index contributed by atoms with van der Waals surface area (Å²) in [7, 11) is 0. The van der Waals surface area contributed by atoms with Gasteiger partial charge in [0.15, 0.2) is 0 Å². The third-order valence-corrected chi connectivity index (χ3v) is 2.86. The molecule has 0 saturated heterocycles. The lowest BCUT2D eigenvalue weighted by Gasteiger charge is -2.20. The Bertz CT molecular complexity index is 321. The first-order valence-electron chi connectivity index (χ1n) is 5.75. The highest BCUT2D eigenvalue weighted by Crippen LogP contribution is 2.24. The molecule has 1 nitrogen and oxygen atoms in total. The molecule has 0 radical (unpaired) electrons. The second-order valence-electron chi connectivity index (χ2n) is 5.28. The summed E-state index contributed by atoms with van der Waals surface area (Å²) in [6.07, 6.45) is 2.18. The van der Waals surface area contributed by atoms with Crippen LogP contribution in [0.5, 0.6) is 0 Å². The largest absolute Gasteiger partial charge is 0.330 e. The maximum atomic E-state index is 5.53. The summed E-state index contributed by atoms with van der Waals surface area (Å²) in [5, 5.41) is 0. The number of aryl methyl sites for hydroxylation is 2. The Kier molecular flexibility index (Phi) is 3.92. The second-order valence-corrected chi connectivity index (χ2v) is 5.28.